The van der Waals surface area contributed by atoms with Crippen molar-refractivity contribution in [3.63, 3.8) is 0 Å². The minimum absolute atomic E-state index is 0.750. The Kier molecular flexibility index (Phi) is 8.62. The van der Waals surface area contributed by atoms with Crippen LogP contribution in [0.15, 0.2) is 228 Å². The number of rotatable bonds is 6. The first-order valence-electron chi connectivity index (χ1n) is 21.6. The van der Waals surface area contributed by atoms with Gasteiger partial charge in [0, 0.05) is 43.8 Å². The number of aliphatic imine (C=N–C) groups is 2. The Labute approximate surface area is 379 Å². The zero-order valence-corrected chi connectivity index (χ0v) is 36.7. The average molecular weight is 929 g/mol. The summed E-state index contributed by atoms with van der Waals surface area (Å²) in [6.07, 6.45) is 0. The molecule has 13 rings (SSSR count). The van der Waals surface area contributed by atoms with Gasteiger partial charge in [-0.05, 0) is 88.8 Å². The fraction of sp³-hybridized carbons (Fsp3) is 0. The smallest absolute Gasteiger partial charge is 0.161 e. The molecule has 64 heavy (non-hydrogen) atoms. The summed E-state index contributed by atoms with van der Waals surface area (Å²) >= 11 is -0.765. The summed E-state index contributed by atoms with van der Waals surface area (Å²) in [5.41, 5.74) is 13.8. The molecular formula is C59H37IN4. The van der Waals surface area contributed by atoms with Crippen LogP contribution in [0.5, 0.6) is 0 Å². The Morgan fingerprint density at radius 3 is 1.78 bits per heavy atom. The van der Waals surface area contributed by atoms with Crippen LogP contribution < -0.4 is 0 Å². The van der Waals surface area contributed by atoms with E-state index in [4.69, 9.17) is 9.98 Å². The van der Waals surface area contributed by atoms with Crippen LogP contribution in [0, 0.1) is 0 Å². The molecule has 0 aliphatic carbocycles. The van der Waals surface area contributed by atoms with Gasteiger partial charge >= 0.3 is 0 Å². The molecule has 3 heterocycles. The lowest BCUT2D eigenvalue weighted by molar-refractivity contribution is 1.19. The van der Waals surface area contributed by atoms with Gasteiger partial charge in [0.15, 0.2) is 5.84 Å². The Balaban J connectivity index is 1.05. The van der Waals surface area contributed by atoms with Crippen LogP contribution in [0.25, 0.3) is 93.1 Å². The van der Waals surface area contributed by atoms with Crippen molar-refractivity contribution in [3.8, 4) is 27.9 Å². The Morgan fingerprint density at radius 1 is 0.391 bits per heavy atom. The first-order chi connectivity index (χ1) is 31.7. The summed E-state index contributed by atoms with van der Waals surface area (Å²) < 4.78 is 4.72. The number of hydrogen-bond donors (Lipinski definition) is 1. The molecule has 5 heteroatoms. The van der Waals surface area contributed by atoms with Crippen LogP contribution in [-0.2, 0) is 0 Å². The van der Waals surface area contributed by atoms with E-state index in [-0.39, 0.29) is 0 Å². The molecule has 0 saturated carbocycles. The van der Waals surface area contributed by atoms with Crippen LogP contribution >= 0.6 is 20.7 Å². The molecule has 0 fully saturated rings. The second-order valence-corrected chi connectivity index (χ2v) is 18.9. The molecule has 12 aromatic rings. The maximum Gasteiger partial charge on any atom is 0.161 e. The van der Waals surface area contributed by atoms with Gasteiger partial charge in [0.05, 0.1) is 22.2 Å². The first-order valence-corrected chi connectivity index (χ1v) is 23.8. The van der Waals surface area contributed by atoms with Crippen LogP contribution in [0.3, 0.4) is 0 Å². The number of aromatic nitrogens is 2. The molecule has 0 amide bonds. The van der Waals surface area contributed by atoms with E-state index < -0.39 is 20.7 Å². The van der Waals surface area contributed by atoms with Gasteiger partial charge in [-0.1, -0.05) is 194 Å². The number of nitrogens with zero attached hydrogens (tertiary/aromatic N) is 3. The number of H-pyrrole nitrogens is 1. The van der Waals surface area contributed by atoms with E-state index in [1.54, 1.807) is 0 Å². The maximum atomic E-state index is 5.43. The van der Waals surface area contributed by atoms with Crippen molar-refractivity contribution in [1.82, 2.24) is 9.55 Å². The lowest BCUT2D eigenvalue weighted by atomic mass is 9.94. The van der Waals surface area contributed by atoms with E-state index in [2.05, 4.69) is 222 Å². The second-order valence-electron chi connectivity index (χ2n) is 16.3. The van der Waals surface area contributed by atoms with E-state index in [0.717, 1.165) is 46.6 Å². The number of fused-ring (bicyclic) bond motifs is 10. The monoisotopic (exact) mass is 928 g/mol. The molecule has 0 unspecified atom stereocenters. The SMILES string of the molecule is c1ccc(C2=NC(c3ccc(-c4ccccc4)cc3)=IC(c3cccc4[nH]c5c(-n6c7ccc8ccccc8c7c7c8ccccc8c(-c8ccccc8)cc76)cccc5c34)=N2)cc1. The van der Waals surface area contributed by atoms with E-state index >= 15 is 0 Å². The number of benzene rings is 10. The van der Waals surface area contributed by atoms with Crippen LogP contribution in [0.4, 0.5) is 0 Å². The largest absolute Gasteiger partial charge is 0.353 e. The van der Waals surface area contributed by atoms with E-state index in [1.165, 1.54) is 76.4 Å². The van der Waals surface area contributed by atoms with E-state index in [0.29, 0.717) is 0 Å². The summed E-state index contributed by atoms with van der Waals surface area (Å²) in [4.78, 5) is 14.7. The van der Waals surface area contributed by atoms with Gasteiger partial charge in [0.1, 0.15) is 7.35 Å². The quantitative estimate of drug-likeness (QED) is 0.162. The van der Waals surface area contributed by atoms with Gasteiger partial charge in [0.2, 0.25) is 0 Å². The fourth-order valence-electron chi connectivity index (χ4n) is 9.79. The standard InChI is InChI=1S/C59H37IN4/c1-4-16-37(17-5-1)38-30-32-41(33-31-38)57-60-58(63-59(62-57)42-21-8-3-9-22-42)47-27-14-28-49-53(47)46-26-15-29-51(56(46)61-49)64-50-35-34-40-20-10-11-23-43(40)54(50)55-45-25-13-12-24-44(45)48(36-52(55)64)39-18-6-2-7-19-39/h1-36,61H. The summed E-state index contributed by atoms with van der Waals surface area (Å²) in [6, 6.07) is 78.8. The predicted octanol–water partition coefficient (Wildman–Crippen LogP) is 15.4. The zero-order valence-electron chi connectivity index (χ0n) is 34.5. The van der Waals surface area contributed by atoms with E-state index in [1.807, 2.05) is 6.07 Å². The Hall–Kier alpha value is -7.74. The van der Waals surface area contributed by atoms with Crippen molar-refractivity contribution < 1.29 is 0 Å². The van der Waals surface area contributed by atoms with Crippen molar-refractivity contribution in [2.75, 3.05) is 0 Å². The zero-order chi connectivity index (χ0) is 42.1. The van der Waals surface area contributed by atoms with Gasteiger partial charge < -0.3 is 9.55 Å². The van der Waals surface area contributed by atoms with E-state index in [9.17, 15) is 0 Å². The minimum Gasteiger partial charge on any atom is -0.353 e. The molecule has 0 spiro atoms. The molecule has 4 nitrogen and oxygen atoms in total. The highest BCUT2D eigenvalue weighted by atomic mass is 127. The third-order valence-electron chi connectivity index (χ3n) is 12.7. The maximum absolute atomic E-state index is 5.43. The highest BCUT2D eigenvalue weighted by Crippen LogP contribution is 2.45. The Morgan fingerprint density at radius 2 is 1.00 bits per heavy atom. The van der Waals surface area contributed by atoms with Crippen molar-refractivity contribution in [2.45, 2.75) is 0 Å². The van der Waals surface area contributed by atoms with Crippen LogP contribution in [0.2, 0.25) is 0 Å². The third-order valence-corrected chi connectivity index (χ3v) is 15.4. The first kappa shape index (κ1) is 36.9. The number of amidine groups is 1. The molecular weight excluding hydrogens is 892 g/mol. The topological polar surface area (TPSA) is 45.4 Å². The predicted molar refractivity (Wildman–Crippen MR) is 280 cm³/mol. The molecule has 1 aliphatic rings. The normalized spacial score (nSPS) is 13.1. The molecule has 0 radical (unpaired) electrons. The number of hydrogen-bond acceptors (Lipinski definition) is 2. The molecule has 1 aliphatic heterocycles. The summed E-state index contributed by atoms with van der Waals surface area (Å²) in [5, 5.41) is 9.89. The molecule has 0 atom stereocenters. The summed E-state index contributed by atoms with van der Waals surface area (Å²) in [5.74, 6) is 0.750. The molecule has 2 aromatic heterocycles. The van der Waals surface area contributed by atoms with Crippen LogP contribution in [-0.4, -0.2) is 22.7 Å². The molecule has 1 N–H and O–H groups in total. The summed E-state index contributed by atoms with van der Waals surface area (Å²) in [6.45, 7) is 0. The van der Waals surface area contributed by atoms with Gasteiger partial charge in [-0.25, -0.2) is 9.98 Å². The van der Waals surface area contributed by atoms with Crippen molar-refractivity contribution in [1.29, 1.82) is 0 Å². The number of nitrogens with one attached hydrogen (secondary N) is 1. The minimum atomic E-state index is -0.765. The summed E-state index contributed by atoms with van der Waals surface area (Å²) in [7, 11) is 0. The van der Waals surface area contributed by atoms with Gasteiger partial charge in [-0.2, -0.15) is 0 Å². The van der Waals surface area contributed by atoms with Gasteiger partial charge in [-0.3, -0.25) is 0 Å². The number of para-hydroxylation sites is 1. The number of aromatic amines is 1. The second kappa shape index (κ2) is 15.0. The molecule has 10 aromatic carbocycles. The molecule has 300 valence electrons. The molecule has 0 saturated heterocycles. The highest BCUT2D eigenvalue weighted by Gasteiger charge is 2.24. The average Bonchev–Trinajstić information content (AvgIpc) is 3.93. The van der Waals surface area contributed by atoms with Crippen molar-refractivity contribution in [2.24, 2.45) is 9.98 Å². The Bertz CT molecular complexity index is 3920. The lowest BCUT2D eigenvalue weighted by Crippen LogP contribution is -2.11. The molecule has 0 bridgehead atoms. The number of halogens is 1. The van der Waals surface area contributed by atoms with Crippen molar-refractivity contribution in [3.05, 3.63) is 235 Å². The lowest BCUT2D eigenvalue weighted by Gasteiger charge is -2.14. The fourth-order valence-corrected chi connectivity index (χ4v) is 12.4. The van der Waals surface area contributed by atoms with Crippen LogP contribution in [0.1, 0.15) is 16.7 Å². The highest BCUT2D eigenvalue weighted by molar-refractivity contribution is 14.2. The third kappa shape index (κ3) is 5.92. The van der Waals surface area contributed by atoms with Gasteiger partial charge in [-0.15, -0.1) is 0 Å². The van der Waals surface area contributed by atoms with Gasteiger partial charge in [0.25, 0.3) is 0 Å². The van der Waals surface area contributed by atoms with Crippen molar-refractivity contribution >= 4 is 99.1 Å².